The van der Waals surface area contributed by atoms with E-state index in [2.05, 4.69) is 42.5 Å². The summed E-state index contributed by atoms with van der Waals surface area (Å²) in [7, 11) is 0. The van der Waals surface area contributed by atoms with Crippen LogP contribution in [0.15, 0.2) is 90.7 Å². The largest absolute Gasteiger partial charge is 0 e. The fraction of sp³-hybridized carbons (Fsp3) is 0.176. The third-order valence-electron chi connectivity index (χ3n) is 6.96. The van der Waals surface area contributed by atoms with Gasteiger partial charge < -0.3 is 5.11 Å². The van der Waals surface area contributed by atoms with Gasteiger partial charge in [-0.15, -0.1) is 0 Å². The molecule has 4 aromatic carbocycles. The Morgan fingerprint density at radius 2 is 1.70 bits per heavy atom. The number of halogens is 1. The summed E-state index contributed by atoms with van der Waals surface area (Å²) in [6, 6.07) is 29.4. The molecule has 1 radical (unpaired) electrons. The van der Waals surface area contributed by atoms with Crippen molar-refractivity contribution in [3.05, 3.63) is 103 Å². The summed E-state index contributed by atoms with van der Waals surface area (Å²) in [5.41, 5.74) is 2.96. The van der Waals surface area contributed by atoms with E-state index in [-0.39, 0.29) is 57.9 Å². The van der Waals surface area contributed by atoms with Gasteiger partial charge in [0.1, 0.15) is 0 Å². The van der Waals surface area contributed by atoms with E-state index in [1.165, 1.54) is 32.3 Å². The minimum absolute atomic E-state index is 0. The van der Waals surface area contributed by atoms with E-state index in [0.29, 0.717) is 0 Å². The number of aromatic nitrogens is 1. The first-order valence-corrected chi connectivity index (χ1v) is 14.8. The number of hydrogen-bond donors (Lipinski definition) is 1. The molecule has 3 nitrogen and oxygen atoms in total. The van der Waals surface area contributed by atoms with Gasteiger partial charge in [0.25, 0.3) is 0 Å². The summed E-state index contributed by atoms with van der Waals surface area (Å²) in [4.78, 5) is 15.4. The first-order valence-electron chi connectivity index (χ1n) is 13.1. The molecule has 0 saturated heterocycles. The van der Waals surface area contributed by atoms with Gasteiger partial charge in [0, 0.05) is 32.1 Å². The number of fused-ring (bicyclic) bond motifs is 6. The number of benzene rings is 4. The van der Waals surface area contributed by atoms with Crippen molar-refractivity contribution in [2.75, 3.05) is 0 Å². The summed E-state index contributed by atoms with van der Waals surface area (Å²) < 4.78 is 16.2. The third kappa shape index (κ3) is 6.27. The van der Waals surface area contributed by atoms with Gasteiger partial charge in [0.05, 0.1) is 5.76 Å². The zero-order chi connectivity index (χ0) is 27.5. The second kappa shape index (κ2) is 13.0. The zero-order valence-electron chi connectivity index (χ0n) is 22.5. The Hall–Kier alpha value is -3.14. The van der Waals surface area contributed by atoms with Crippen molar-refractivity contribution in [2.45, 2.75) is 33.6 Å². The maximum atomic E-state index is 13.6. The number of pyridine rings is 1. The molecule has 0 fully saturated rings. The van der Waals surface area contributed by atoms with Crippen molar-refractivity contribution >= 4 is 61.3 Å². The van der Waals surface area contributed by atoms with Crippen LogP contribution in [-0.2, 0) is 24.9 Å². The number of rotatable bonds is 5. The molecular formula is C34H29FIrNO2Se-. The second-order valence-electron chi connectivity index (χ2n) is 9.60. The summed E-state index contributed by atoms with van der Waals surface area (Å²) in [6.07, 6.45) is 3.07. The van der Waals surface area contributed by atoms with Crippen molar-refractivity contribution < 1.29 is 34.4 Å². The Labute approximate surface area is 252 Å². The van der Waals surface area contributed by atoms with Crippen LogP contribution in [-0.4, -0.2) is 30.4 Å². The predicted molar refractivity (Wildman–Crippen MR) is 161 cm³/mol. The third-order valence-corrected chi connectivity index (χ3v) is 9.24. The number of carbonyl (C=O) groups excluding carboxylic acids is 1. The average molecular weight is 774 g/mol. The van der Waals surface area contributed by atoms with Gasteiger partial charge in [0.15, 0.2) is 5.78 Å². The molecule has 0 amide bonds. The number of allylic oxidation sites excluding steroid dienone is 2. The van der Waals surface area contributed by atoms with E-state index >= 15 is 0 Å². The SMILES string of the molecule is CCC(CC)/C(O)=C/C(C)=O.Fc1ccc2c(ccc3[se]c4[c-]c(-c5ccc6ccccc6n5)ccc4c32)c1.[Ir]. The maximum Gasteiger partial charge on any atom is 0 e. The van der Waals surface area contributed by atoms with Gasteiger partial charge in [-0.05, 0) is 19.8 Å². The predicted octanol–water partition coefficient (Wildman–Crippen LogP) is 8.81. The van der Waals surface area contributed by atoms with Crippen molar-refractivity contribution in [1.82, 2.24) is 4.98 Å². The Bertz CT molecular complexity index is 1860. The molecule has 0 aliphatic heterocycles. The molecule has 1 N–H and O–H groups in total. The molecule has 0 atom stereocenters. The van der Waals surface area contributed by atoms with Crippen LogP contribution in [0.5, 0.6) is 0 Å². The van der Waals surface area contributed by atoms with Gasteiger partial charge >= 0.3 is 167 Å². The Morgan fingerprint density at radius 1 is 0.975 bits per heavy atom. The summed E-state index contributed by atoms with van der Waals surface area (Å²) in [6.45, 7) is 5.44. The van der Waals surface area contributed by atoms with E-state index in [9.17, 15) is 14.3 Å². The number of carbonyl (C=O) groups is 1. The molecule has 40 heavy (non-hydrogen) atoms. The van der Waals surface area contributed by atoms with Gasteiger partial charge in [-0.2, -0.15) is 0 Å². The number of aliphatic hydroxyl groups is 1. The van der Waals surface area contributed by atoms with E-state index in [0.717, 1.165) is 45.8 Å². The Kier molecular flexibility index (Phi) is 9.71. The first kappa shape index (κ1) is 29.8. The van der Waals surface area contributed by atoms with Crippen LogP contribution in [0.25, 0.3) is 52.2 Å². The zero-order valence-corrected chi connectivity index (χ0v) is 26.6. The molecule has 0 saturated carbocycles. The maximum absolute atomic E-state index is 13.6. The molecule has 6 rings (SSSR count). The molecule has 2 heterocycles. The molecule has 0 unspecified atom stereocenters. The van der Waals surface area contributed by atoms with Crippen LogP contribution in [0.1, 0.15) is 33.6 Å². The molecular weight excluding hydrogens is 745 g/mol. The van der Waals surface area contributed by atoms with Gasteiger partial charge in [-0.1, -0.05) is 13.8 Å². The van der Waals surface area contributed by atoms with Crippen molar-refractivity contribution in [3.8, 4) is 11.3 Å². The molecule has 0 bridgehead atoms. The van der Waals surface area contributed by atoms with Gasteiger partial charge in [0.2, 0.25) is 0 Å². The van der Waals surface area contributed by atoms with Gasteiger partial charge in [-0.3, -0.25) is 4.79 Å². The second-order valence-corrected chi connectivity index (χ2v) is 11.8. The number of para-hydroxylation sites is 1. The summed E-state index contributed by atoms with van der Waals surface area (Å²) >= 11 is 0.195. The Morgan fingerprint density at radius 3 is 2.45 bits per heavy atom. The van der Waals surface area contributed by atoms with Crippen molar-refractivity contribution in [1.29, 1.82) is 0 Å². The molecule has 0 aliphatic carbocycles. The normalized spacial score (nSPS) is 11.6. The number of nitrogens with zero attached hydrogens (tertiary/aromatic N) is 1. The van der Waals surface area contributed by atoms with Crippen molar-refractivity contribution in [2.24, 2.45) is 5.92 Å². The monoisotopic (exact) mass is 775 g/mol. The smallest absolute Gasteiger partial charge is 0 e. The number of hydrogen-bond acceptors (Lipinski definition) is 3. The number of aliphatic hydroxyl groups excluding tert-OH is 1. The van der Waals surface area contributed by atoms with Crippen LogP contribution in [0.3, 0.4) is 0 Å². The standard InChI is InChI=1S/C25H13FNSe.C9H16O2.Ir/c26-18-8-10-19-16(13-18)7-12-23-25(19)20-9-5-17(14-24(20)28-23)22-11-6-15-3-1-2-4-21(15)27-22;1-4-8(5-2)9(11)6-7(3)10;/h1-13H;6,8,11H,4-5H2,1-3H3;/q-1;;/b;9-6-;. The molecule has 6 heteroatoms. The summed E-state index contributed by atoms with van der Waals surface area (Å²) in [5, 5.41) is 15.0. The van der Waals surface area contributed by atoms with Crippen LogP contribution < -0.4 is 0 Å². The van der Waals surface area contributed by atoms with Crippen LogP contribution in [0.2, 0.25) is 0 Å². The number of ketones is 1. The fourth-order valence-electron chi connectivity index (χ4n) is 4.90. The molecule has 2 aromatic heterocycles. The molecule has 0 spiro atoms. The Balaban J connectivity index is 0.000000266. The average Bonchev–Trinajstić information content (AvgIpc) is 3.31. The van der Waals surface area contributed by atoms with E-state index < -0.39 is 0 Å². The van der Waals surface area contributed by atoms with Crippen LogP contribution >= 0.6 is 0 Å². The van der Waals surface area contributed by atoms with Crippen molar-refractivity contribution in [3.63, 3.8) is 0 Å². The minimum atomic E-state index is -0.194. The van der Waals surface area contributed by atoms with E-state index in [1.54, 1.807) is 12.1 Å². The molecule has 0 aliphatic rings. The topological polar surface area (TPSA) is 50.2 Å². The van der Waals surface area contributed by atoms with Crippen LogP contribution in [0, 0.1) is 17.8 Å². The van der Waals surface area contributed by atoms with E-state index in [4.69, 9.17) is 4.98 Å². The van der Waals surface area contributed by atoms with Gasteiger partial charge in [-0.25, -0.2) is 0 Å². The quantitative estimate of drug-likeness (QED) is 0.0826. The van der Waals surface area contributed by atoms with Crippen LogP contribution in [0.4, 0.5) is 4.39 Å². The molecule has 6 aromatic rings. The fourth-order valence-corrected chi connectivity index (χ4v) is 7.25. The minimum Gasteiger partial charge on any atom is 0 e. The molecule has 205 valence electrons. The van der Waals surface area contributed by atoms with E-state index in [1.807, 2.05) is 44.2 Å². The first-order chi connectivity index (χ1) is 18.9. The summed E-state index contributed by atoms with van der Waals surface area (Å²) in [5.74, 6) is 0.0938.